The molecule has 2 aromatic rings. The second-order valence-electron chi connectivity index (χ2n) is 7.37. The highest BCUT2D eigenvalue weighted by Crippen LogP contribution is 2.31. The largest absolute Gasteiger partial charge is 0.495 e. The summed E-state index contributed by atoms with van der Waals surface area (Å²) < 4.78 is 24.2. The monoisotopic (exact) mass is 435 g/mol. The van der Waals surface area contributed by atoms with Crippen LogP contribution < -0.4 is 14.8 Å². The highest BCUT2D eigenvalue weighted by atomic mass is 35.5. The molecule has 0 spiro atoms. The van der Waals surface area contributed by atoms with Crippen molar-refractivity contribution in [3.8, 4) is 11.5 Å². The number of nitrogens with one attached hydrogen (secondary N) is 1. The van der Waals surface area contributed by atoms with Crippen LogP contribution in [0.4, 0.5) is 10.1 Å². The highest BCUT2D eigenvalue weighted by Gasteiger charge is 2.20. The molecule has 1 heterocycles. The number of benzene rings is 2. The minimum atomic E-state index is -0.349. The Bertz CT molecular complexity index is 901. The van der Waals surface area contributed by atoms with Crippen molar-refractivity contribution in [2.24, 2.45) is 0 Å². The van der Waals surface area contributed by atoms with Gasteiger partial charge in [0.25, 0.3) is 0 Å². The first kappa shape index (κ1) is 22.3. The van der Waals surface area contributed by atoms with Crippen LogP contribution in [0.3, 0.4) is 0 Å². The molecule has 1 aliphatic heterocycles. The van der Waals surface area contributed by atoms with E-state index < -0.39 is 0 Å². The van der Waals surface area contributed by atoms with Crippen LogP contribution in [-0.2, 0) is 11.3 Å². The Morgan fingerprint density at radius 2 is 1.73 bits per heavy atom. The topological polar surface area (TPSA) is 54.0 Å². The van der Waals surface area contributed by atoms with E-state index >= 15 is 0 Å². The van der Waals surface area contributed by atoms with Gasteiger partial charge in [-0.3, -0.25) is 14.6 Å². The SMILES string of the molecule is COc1ccc(CN2CCN(CC(=O)Nc3cc(C)c(Cl)cc3OC)CC2)cc1F. The van der Waals surface area contributed by atoms with Crippen LogP contribution in [-0.4, -0.2) is 62.7 Å². The smallest absolute Gasteiger partial charge is 0.238 e. The van der Waals surface area contributed by atoms with Gasteiger partial charge >= 0.3 is 0 Å². The second-order valence-corrected chi connectivity index (χ2v) is 7.78. The van der Waals surface area contributed by atoms with Crippen LogP contribution in [0.2, 0.25) is 5.02 Å². The maximum Gasteiger partial charge on any atom is 0.238 e. The number of piperazine rings is 1. The first-order valence-corrected chi connectivity index (χ1v) is 10.2. The summed E-state index contributed by atoms with van der Waals surface area (Å²) in [5.41, 5.74) is 2.39. The van der Waals surface area contributed by atoms with Crippen LogP contribution in [0, 0.1) is 12.7 Å². The minimum Gasteiger partial charge on any atom is -0.495 e. The molecule has 3 rings (SSSR count). The molecule has 1 aliphatic rings. The molecule has 162 valence electrons. The number of amides is 1. The average Bonchev–Trinajstić information content (AvgIpc) is 2.72. The maximum atomic E-state index is 13.9. The fourth-order valence-electron chi connectivity index (χ4n) is 3.49. The minimum absolute atomic E-state index is 0.0966. The van der Waals surface area contributed by atoms with E-state index in [1.54, 1.807) is 19.2 Å². The van der Waals surface area contributed by atoms with Gasteiger partial charge in [0.1, 0.15) is 5.75 Å². The van der Waals surface area contributed by atoms with Crippen molar-refractivity contribution in [3.63, 3.8) is 0 Å². The molecule has 1 N–H and O–H groups in total. The molecule has 1 saturated heterocycles. The van der Waals surface area contributed by atoms with Crippen LogP contribution in [0.25, 0.3) is 0 Å². The zero-order valence-electron chi connectivity index (χ0n) is 17.5. The summed E-state index contributed by atoms with van der Waals surface area (Å²) in [5.74, 6) is 0.344. The van der Waals surface area contributed by atoms with E-state index in [4.69, 9.17) is 21.1 Å². The number of halogens is 2. The summed E-state index contributed by atoms with van der Waals surface area (Å²) in [5, 5.41) is 3.51. The van der Waals surface area contributed by atoms with E-state index in [0.29, 0.717) is 29.5 Å². The summed E-state index contributed by atoms with van der Waals surface area (Å²) in [6.45, 7) is 6.00. The highest BCUT2D eigenvalue weighted by molar-refractivity contribution is 6.31. The van der Waals surface area contributed by atoms with Gasteiger partial charge in [-0.25, -0.2) is 4.39 Å². The predicted molar refractivity (Wildman–Crippen MR) is 116 cm³/mol. The number of methoxy groups -OCH3 is 2. The van der Waals surface area contributed by atoms with E-state index in [1.165, 1.54) is 13.2 Å². The number of ether oxygens (including phenoxy) is 2. The van der Waals surface area contributed by atoms with Crippen LogP contribution >= 0.6 is 11.6 Å². The fourth-order valence-corrected chi connectivity index (χ4v) is 3.65. The second kappa shape index (κ2) is 10.1. The number of hydrogen-bond acceptors (Lipinski definition) is 5. The summed E-state index contributed by atoms with van der Waals surface area (Å²) in [4.78, 5) is 16.9. The third kappa shape index (κ3) is 5.62. The molecule has 2 aromatic carbocycles. The van der Waals surface area contributed by atoms with E-state index in [-0.39, 0.29) is 17.5 Å². The van der Waals surface area contributed by atoms with E-state index in [2.05, 4.69) is 15.1 Å². The summed E-state index contributed by atoms with van der Waals surface area (Å²) >= 11 is 6.12. The zero-order chi connectivity index (χ0) is 21.7. The summed E-state index contributed by atoms with van der Waals surface area (Å²) in [6, 6.07) is 8.56. The van der Waals surface area contributed by atoms with Gasteiger partial charge in [-0.15, -0.1) is 0 Å². The molecule has 1 fully saturated rings. The van der Waals surface area contributed by atoms with Gasteiger partial charge in [0, 0.05) is 43.8 Å². The lowest BCUT2D eigenvalue weighted by Crippen LogP contribution is -2.48. The summed E-state index contributed by atoms with van der Waals surface area (Å²) in [7, 11) is 3.00. The van der Waals surface area contributed by atoms with E-state index in [0.717, 1.165) is 37.3 Å². The van der Waals surface area contributed by atoms with Gasteiger partial charge in [-0.2, -0.15) is 0 Å². The molecule has 30 heavy (non-hydrogen) atoms. The first-order valence-electron chi connectivity index (χ1n) is 9.80. The zero-order valence-corrected chi connectivity index (χ0v) is 18.3. The molecular formula is C22H27ClFN3O3. The van der Waals surface area contributed by atoms with Gasteiger partial charge < -0.3 is 14.8 Å². The molecule has 1 amide bonds. The third-order valence-electron chi connectivity index (χ3n) is 5.21. The Morgan fingerprint density at radius 3 is 2.37 bits per heavy atom. The van der Waals surface area contributed by atoms with Crippen LogP contribution in [0.5, 0.6) is 11.5 Å². The fraction of sp³-hybridized carbons (Fsp3) is 0.409. The number of anilines is 1. The molecule has 0 aromatic heterocycles. The lowest BCUT2D eigenvalue weighted by Gasteiger charge is -2.34. The molecule has 0 saturated carbocycles. The number of carbonyl (C=O) groups excluding carboxylic acids is 1. The molecular weight excluding hydrogens is 409 g/mol. The Hall–Kier alpha value is -2.35. The molecule has 0 atom stereocenters. The number of nitrogens with zero attached hydrogens (tertiary/aromatic N) is 2. The van der Waals surface area contributed by atoms with Crippen molar-refractivity contribution < 1.29 is 18.7 Å². The van der Waals surface area contributed by atoms with Gasteiger partial charge in [0.05, 0.1) is 26.5 Å². The van der Waals surface area contributed by atoms with Crippen molar-refractivity contribution >= 4 is 23.2 Å². The molecule has 0 unspecified atom stereocenters. The van der Waals surface area contributed by atoms with Gasteiger partial charge in [0.15, 0.2) is 11.6 Å². The average molecular weight is 436 g/mol. The van der Waals surface area contributed by atoms with Gasteiger partial charge in [-0.05, 0) is 36.2 Å². The van der Waals surface area contributed by atoms with E-state index in [1.807, 2.05) is 19.1 Å². The number of carbonyl (C=O) groups is 1. The molecule has 0 aliphatic carbocycles. The Balaban J connectivity index is 1.49. The van der Waals surface area contributed by atoms with Gasteiger partial charge in [-0.1, -0.05) is 17.7 Å². The summed E-state index contributed by atoms with van der Waals surface area (Å²) in [6.07, 6.45) is 0. The number of hydrogen-bond donors (Lipinski definition) is 1. The van der Waals surface area contributed by atoms with Crippen molar-refractivity contribution in [3.05, 3.63) is 52.3 Å². The lowest BCUT2D eigenvalue weighted by molar-refractivity contribution is -0.117. The van der Waals surface area contributed by atoms with Crippen LogP contribution in [0.1, 0.15) is 11.1 Å². The third-order valence-corrected chi connectivity index (χ3v) is 5.62. The quantitative estimate of drug-likeness (QED) is 0.720. The normalized spacial score (nSPS) is 15.1. The first-order chi connectivity index (χ1) is 14.4. The molecule has 0 radical (unpaired) electrons. The Morgan fingerprint density at radius 1 is 1.07 bits per heavy atom. The predicted octanol–water partition coefficient (Wildman–Crippen LogP) is 3.56. The maximum absolute atomic E-state index is 13.9. The van der Waals surface area contributed by atoms with Crippen molar-refractivity contribution in [2.45, 2.75) is 13.5 Å². The van der Waals surface area contributed by atoms with Crippen molar-refractivity contribution in [2.75, 3.05) is 52.3 Å². The van der Waals surface area contributed by atoms with E-state index in [9.17, 15) is 9.18 Å². The van der Waals surface area contributed by atoms with Crippen molar-refractivity contribution in [1.29, 1.82) is 0 Å². The standard InChI is InChI=1S/C22H27ClFN3O3/c1-15-10-19(21(30-3)12-17(15)23)25-22(28)14-27-8-6-26(7-9-27)13-16-4-5-20(29-2)18(24)11-16/h4-5,10-12H,6-9,13-14H2,1-3H3,(H,25,28). The number of rotatable bonds is 7. The van der Waals surface area contributed by atoms with Crippen molar-refractivity contribution in [1.82, 2.24) is 9.80 Å². The lowest BCUT2D eigenvalue weighted by atomic mass is 10.1. The Labute approximate surface area is 181 Å². The molecule has 8 heteroatoms. The molecule has 0 bridgehead atoms. The van der Waals surface area contributed by atoms with Crippen LogP contribution in [0.15, 0.2) is 30.3 Å². The number of aryl methyl sites for hydroxylation is 1. The Kier molecular flexibility index (Phi) is 7.53. The molecule has 6 nitrogen and oxygen atoms in total. The van der Waals surface area contributed by atoms with Gasteiger partial charge in [0.2, 0.25) is 5.91 Å².